The van der Waals surface area contributed by atoms with Gasteiger partial charge in [-0.25, -0.2) is 19.9 Å². The number of carbonyl (C=O) groups excluding carboxylic acids is 2. The van der Waals surface area contributed by atoms with Crippen LogP contribution in [0.1, 0.15) is 171 Å². The Labute approximate surface area is 491 Å². The zero-order valence-electron chi connectivity index (χ0n) is 49.0. The van der Waals surface area contributed by atoms with E-state index in [1.165, 1.54) is 64.7 Å². The maximum atomic E-state index is 13.6. The zero-order valence-corrected chi connectivity index (χ0v) is 52.1. The first kappa shape index (κ1) is 57.4. The first-order chi connectivity index (χ1) is 37.9. The lowest BCUT2D eigenvalue weighted by atomic mass is 9.76. The number of halogens is 3. The number of nitrogens with zero attached hydrogens (tertiary/aromatic N) is 10. The van der Waals surface area contributed by atoms with Crippen LogP contribution >= 0.6 is 39.1 Å². The van der Waals surface area contributed by atoms with Crippen molar-refractivity contribution < 1.29 is 18.9 Å². The molecule has 0 unspecified atom stereocenters. The summed E-state index contributed by atoms with van der Waals surface area (Å²) >= 11 is 16.0. The van der Waals surface area contributed by atoms with Gasteiger partial charge >= 0.3 is 7.12 Å². The molecule has 3 saturated heterocycles. The molecule has 6 aromatic rings. The second kappa shape index (κ2) is 21.6. The molecule has 0 radical (unpaired) electrons. The number of likely N-dealkylation sites (tertiary alicyclic amines) is 2. The van der Waals surface area contributed by atoms with Crippen molar-refractivity contribution in [2.24, 2.45) is 0 Å². The number of carbonyl (C=O) groups is 2. The van der Waals surface area contributed by atoms with Crippen LogP contribution in [0, 0.1) is 0 Å². The molecule has 13 rings (SSSR count). The number of imidazole rings is 2. The van der Waals surface area contributed by atoms with Crippen LogP contribution in [0.5, 0.6) is 0 Å². The number of anilines is 2. The Kier molecular flexibility index (Phi) is 15.5. The Morgan fingerprint density at radius 3 is 1.49 bits per heavy atom. The lowest BCUT2D eigenvalue weighted by Crippen LogP contribution is -2.57. The van der Waals surface area contributed by atoms with Gasteiger partial charge in [0, 0.05) is 53.2 Å². The third-order valence-electron chi connectivity index (χ3n) is 19.0. The van der Waals surface area contributed by atoms with Gasteiger partial charge in [0.15, 0.2) is 10.3 Å². The Balaban J connectivity index is 0.000000137. The molecule has 80 heavy (non-hydrogen) atoms. The Morgan fingerprint density at radius 1 is 0.575 bits per heavy atom. The van der Waals surface area contributed by atoms with Crippen molar-refractivity contribution in [3.8, 4) is 11.3 Å². The Morgan fingerprint density at radius 2 is 1.01 bits per heavy atom. The minimum atomic E-state index is -0.519. The maximum Gasteiger partial charge on any atom is 0.494 e. The predicted octanol–water partition coefficient (Wildman–Crippen LogP) is 13.0. The summed E-state index contributed by atoms with van der Waals surface area (Å²) in [5, 5.41) is 0.946. The van der Waals surface area contributed by atoms with Crippen LogP contribution in [-0.4, -0.2) is 119 Å². The number of piperidine rings is 2. The molecule has 14 nitrogen and oxygen atoms in total. The zero-order chi connectivity index (χ0) is 57.0. The summed E-state index contributed by atoms with van der Waals surface area (Å²) in [6.45, 7) is 29.8. The summed E-state index contributed by atoms with van der Waals surface area (Å²) in [6, 6.07) is 18.9. The van der Waals surface area contributed by atoms with E-state index in [1.54, 1.807) is 6.33 Å². The number of rotatable bonds is 8. The van der Waals surface area contributed by atoms with E-state index < -0.39 is 17.9 Å². The molecule has 0 bridgehead atoms. The van der Waals surface area contributed by atoms with Crippen LogP contribution in [-0.2, 0) is 29.7 Å². The molecule has 18 heteroatoms. The number of hydrogen-bond acceptors (Lipinski definition) is 10. The number of pyridine rings is 2. The second-order valence-electron chi connectivity index (χ2n) is 26.2. The van der Waals surface area contributed by atoms with Crippen molar-refractivity contribution in [2.75, 3.05) is 36.0 Å². The van der Waals surface area contributed by atoms with E-state index in [9.17, 15) is 9.59 Å². The summed E-state index contributed by atoms with van der Waals surface area (Å²) < 4.78 is 17.4. The van der Waals surface area contributed by atoms with Crippen molar-refractivity contribution in [1.29, 1.82) is 0 Å². The number of amides is 2. The van der Waals surface area contributed by atoms with E-state index in [-0.39, 0.29) is 35.1 Å². The predicted molar refractivity (Wildman–Crippen MR) is 327 cm³/mol. The smallest absolute Gasteiger partial charge is 0.399 e. The van der Waals surface area contributed by atoms with E-state index in [1.807, 2.05) is 36.9 Å². The SMILES string of the molecule is CC(C)n1cnc2cc(-c3ccc4c(c3)N(C3CC(N5CCCCC5)C3)C(=O)C4(C)C)nc(Cl)c21.CC(C)n1cnc2cc(Br)nc(Cl)c21.CC1(C)C(=O)N(C2CC(N3CCCCC3)C2)c2cc(B3OC(C)(C)C(C)(C)O3)ccc21. The van der Waals surface area contributed by atoms with Crippen LogP contribution in [0.3, 0.4) is 0 Å². The minimum absolute atomic E-state index is 0.212. The molecule has 5 fully saturated rings. The molecular formula is C62H80BBrCl2N10O4. The van der Waals surface area contributed by atoms with Gasteiger partial charge in [0.25, 0.3) is 0 Å². The fraction of sp³-hybridized carbons (Fsp3) is 0.581. The lowest BCUT2D eigenvalue weighted by Gasteiger charge is -2.48. The van der Waals surface area contributed by atoms with Crippen LogP contribution in [0.4, 0.5) is 11.4 Å². The Bertz CT molecular complexity index is 3320. The molecule has 0 atom stereocenters. The number of hydrogen-bond donors (Lipinski definition) is 0. The summed E-state index contributed by atoms with van der Waals surface area (Å²) in [7, 11) is -0.404. The van der Waals surface area contributed by atoms with Crippen molar-refractivity contribution in [2.45, 2.75) is 206 Å². The molecule has 2 aromatic carbocycles. The average Bonchev–Trinajstić information content (AvgIpc) is 4.19. The highest BCUT2D eigenvalue weighted by Crippen LogP contribution is 2.49. The molecule has 0 spiro atoms. The normalized spacial score (nSPS) is 24.9. The molecule has 2 aliphatic carbocycles. The molecule has 426 valence electrons. The second-order valence-corrected chi connectivity index (χ2v) is 27.7. The summed E-state index contributed by atoms with van der Waals surface area (Å²) in [6.07, 6.45) is 15.9. The van der Waals surface area contributed by atoms with Gasteiger partial charge in [-0.15, -0.1) is 0 Å². The molecule has 5 aliphatic heterocycles. The van der Waals surface area contributed by atoms with Gasteiger partial charge in [-0.3, -0.25) is 9.59 Å². The minimum Gasteiger partial charge on any atom is -0.399 e. The van der Waals surface area contributed by atoms with Gasteiger partial charge in [0.1, 0.15) is 15.6 Å². The molecule has 0 N–H and O–H groups in total. The van der Waals surface area contributed by atoms with Crippen LogP contribution < -0.4 is 15.3 Å². The third kappa shape index (κ3) is 10.2. The van der Waals surface area contributed by atoms with Crippen LogP contribution in [0.2, 0.25) is 10.3 Å². The van der Waals surface area contributed by atoms with E-state index in [2.05, 4.69) is 161 Å². The number of aromatic nitrogens is 6. The van der Waals surface area contributed by atoms with E-state index in [0.29, 0.717) is 39.1 Å². The first-order valence-electron chi connectivity index (χ1n) is 29.4. The van der Waals surface area contributed by atoms with Crippen molar-refractivity contribution in [1.82, 2.24) is 38.9 Å². The van der Waals surface area contributed by atoms with Gasteiger partial charge in [-0.1, -0.05) is 60.3 Å². The molecule has 7 aliphatic rings. The van der Waals surface area contributed by atoms with Crippen molar-refractivity contribution >= 4 is 97.0 Å². The molecular weight excluding hydrogens is 1110 g/mol. The maximum absolute atomic E-state index is 13.6. The lowest BCUT2D eigenvalue weighted by molar-refractivity contribution is -0.124. The van der Waals surface area contributed by atoms with Gasteiger partial charge in [-0.2, -0.15) is 0 Å². The average molecular weight is 1190 g/mol. The summed E-state index contributed by atoms with van der Waals surface area (Å²) in [5.74, 6) is 0.444. The van der Waals surface area contributed by atoms with Crippen molar-refractivity contribution in [3.63, 3.8) is 0 Å². The molecule has 2 amide bonds. The van der Waals surface area contributed by atoms with Gasteiger partial charge in [-0.05, 0) is 217 Å². The molecule has 2 saturated carbocycles. The van der Waals surface area contributed by atoms with Crippen molar-refractivity contribution in [3.05, 3.63) is 87.2 Å². The van der Waals surface area contributed by atoms with Crippen LogP contribution in [0.25, 0.3) is 33.3 Å². The number of fused-ring (bicyclic) bond motifs is 4. The van der Waals surface area contributed by atoms with Gasteiger partial charge < -0.3 is 38.0 Å². The van der Waals surface area contributed by atoms with E-state index >= 15 is 0 Å². The summed E-state index contributed by atoms with van der Waals surface area (Å²) in [5.41, 5.74) is 8.78. The van der Waals surface area contributed by atoms with Crippen LogP contribution in [0.15, 0.2) is 65.8 Å². The fourth-order valence-electron chi connectivity index (χ4n) is 13.2. The highest BCUT2D eigenvalue weighted by molar-refractivity contribution is 9.10. The van der Waals surface area contributed by atoms with E-state index in [0.717, 1.165) is 87.0 Å². The van der Waals surface area contributed by atoms with E-state index in [4.69, 9.17) is 37.5 Å². The quantitative estimate of drug-likeness (QED) is 0.107. The Hall–Kier alpha value is -4.42. The third-order valence-corrected chi connectivity index (χ3v) is 20.0. The first-order valence-corrected chi connectivity index (χ1v) is 30.9. The largest absolute Gasteiger partial charge is 0.494 e. The van der Waals surface area contributed by atoms with Gasteiger partial charge in [0.2, 0.25) is 11.8 Å². The monoisotopic (exact) mass is 1190 g/mol. The molecule has 9 heterocycles. The standard InChI is InChI=1S/C28H34ClN5O.C25H37BN2O3.C9H9BrClN3/c1-17(2)33-16-30-23-15-22(31-26(29)25(23)33)18-8-9-21-24(12-18)34(27(35)28(21,3)4)20-13-19(14-20)32-10-6-5-7-11-32;1-23(2)20-11-10-17(26-30-24(3,4)25(5,6)31-26)14-21(20)28(22(23)29)19-15-18(16-19)27-12-8-7-9-13-27;1-5(2)14-4-12-6-3-7(10)13-9(11)8(6)14/h8-9,12,15-17,19-20H,5-7,10-11,13-14H2,1-4H3;10-11,14,18-19H,7-9,12-13,15-16H2,1-6H3;3-5H,1-2H3. The topological polar surface area (TPSA) is 127 Å². The number of benzene rings is 2. The highest BCUT2D eigenvalue weighted by atomic mass is 79.9. The molecule has 4 aromatic heterocycles. The fourth-order valence-corrected chi connectivity index (χ4v) is 14.3. The summed E-state index contributed by atoms with van der Waals surface area (Å²) in [4.78, 5) is 54.3. The van der Waals surface area contributed by atoms with Gasteiger partial charge in [0.05, 0.1) is 51.4 Å². The highest BCUT2D eigenvalue weighted by Gasteiger charge is 2.55.